The van der Waals surface area contributed by atoms with Crippen LogP contribution in [0.4, 0.5) is 0 Å². The summed E-state index contributed by atoms with van der Waals surface area (Å²) in [6, 6.07) is 17.9. The van der Waals surface area contributed by atoms with Gasteiger partial charge in [0.15, 0.2) is 0 Å². The lowest BCUT2D eigenvalue weighted by Gasteiger charge is -2.40. The predicted molar refractivity (Wildman–Crippen MR) is 133 cm³/mol. The Labute approximate surface area is 202 Å². The Morgan fingerprint density at radius 1 is 1.15 bits per heavy atom. The summed E-state index contributed by atoms with van der Waals surface area (Å²) in [6.45, 7) is 4.94. The summed E-state index contributed by atoms with van der Waals surface area (Å²) in [4.78, 5) is 22.0. The van der Waals surface area contributed by atoms with Crippen molar-refractivity contribution in [3.63, 3.8) is 0 Å². The van der Waals surface area contributed by atoms with Crippen molar-refractivity contribution in [3.05, 3.63) is 83.6 Å². The molecule has 0 spiro atoms. The zero-order valence-corrected chi connectivity index (χ0v) is 20.4. The number of carbonyl (C=O) groups excluding carboxylic acids is 1. The summed E-state index contributed by atoms with van der Waals surface area (Å²) in [5.74, 6) is 3.29. The number of rotatable bonds is 9. The Bertz CT molecular complexity index is 1060. The summed E-state index contributed by atoms with van der Waals surface area (Å²) in [5.41, 5.74) is 1.66. The number of likely N-dealkylation sites (tertiary alicyclic amines) is 1. The highest BCUT2D eigenvalue weighted by Crippen LogP contribution is 2.29. The van der Waals surface area contributed by atoms with E-state index in [-0.39, 0.29) is 11.9 Å². The Morgan fingerprint density at radius 2 is 1.94 bits per heavy atom. The van der Waals surface area contributed by atoms with Crippen LogP contribution < -0.4 is 4.74 Å². The fourth-order valence-corrected chi connectivity index (χ4v) is 4.89. The van der Waals surface area contributed by atoms with E-state index in [1.165, 1.54) is 5.56 Å². The zero-order valence-electron chi connectivity index (χ0n) is 20.4. The molecule has 0 N–H and O–H groups in total. The van der Waals surface area contributed by atoms with Gasteiger partial charge in [-0.05, 0) is 80.2 Å². The number of aryl methyl sites for hydroxylation is 1. The first-order valence-corrected chi connectivity index (χ1v) is 12.2. The minimum absolute atomic E-state index is 0.0291. The fraction of sp³-hybridized carbons (Fsp3) is 0.429. The van der Waals surface area contributed by atoms with Gasteiger partial charge in [-0.1, -0.05) is 25.1 Å². The number of likely N-dealkylation sites (N-methyl/N-ethyl adjacent to an activating group) is 1. The molecule has 2 aromatic heterocycles. The van der Waals surface area contributed by atoms with Crippen molar-refractivity contribution in [2.24, 2.45) is 5.92 Å². The van der Waals surface area contributed by atoms with Gasteiger partial charge in [0.2, 0.25) is 0 Å². The minimum atomic E-state index is -0.0291. The highest BCUT2D eigenvalue weighted by molar-refractivity contribution is 5.92. The molecule has 4 rings (SSSR count). The van der Waals surface area contributed by atoms with Gasteiger partial charge in [-0.3, -0.25) is 14.7 Å². The first-order valence-electron chi connectivity index (χ1n) is 12.2. The van der Waals surface area contributed by atoms with Crippen molar-refractivity contribution in [2.45, 2.75) is 45.2 Å². The van der Waals surface area contributed by atoms with Crippen LogP contribution >= 0.6 is 0 Å². The molecule has 1 aromatic carbocycles. The Morgan fingerprint density at radius 3 is 2.62 bits per heavy atom. The van der Waals surface area contributed by atoms with Crippen LogP contribution in [0.2, 0.25) is 0 Å². The third-order valence-corrected chi connectivity index (χ3v) is 6.90. The van der Waals surface area contributed by atoms with Crippen LogP contribution in [-0.4, -0.2) is 54.0 Å². The summed E-state index contributed by atoms with van der Waals surface area (Å²) in [7, 11) is 3.61. The molecule has 6 nitrogen and oxygen atoms in total. The first-order chi connectivity index (χ1) is 16.6. The van der Waals surface area contributed by atoms with Gasteiger partial charge in [-0.25, -0.2) is 0 Å². The van der Waals surface area contributed by atoms with Crippen LogP contribution in [0.15, 0.2) is 65.2 Å². The lowest BCUT2D eigenvalue weighted by atomic mass is 9.84. The Hall–Kier alpha value is -3.12. The minimum Gasteiger partial charge on any atom is -0.497 e. The molecule has 3 aromatic rings. The van der Waals surface area contributed by atoms with Gasteiger partial charge in [0.05, 0.1) is 13.7 Å². The van der Waals surface area contributed by atoms with E-state index >= 15 is 0 Å². The van der Waals surface area contributed by atoms with Gasteiger partial charge in [-0.15, -0.1) is 0 Å². The normalized spacial score (nSPS) is 15.7. The van der Waals surface area contributed by atoms with Crippen molar-refractivity contribution in [1.82, 2.24) is 14.8 Å². The number of hydrogen-bond acceptors (Lipinski definition) is 5. The molecule has 6 heteroatoms. The Balaban J connectivity index is 1.47. The maximum absolute atomic E-state index is 13.3. The molecule has 0 aliphatic carbocycles. The fourth-order valence-electron chi connectivity index (χ4n) is 4.89. The van der Waals surface area contributed by atoms with E-state index < -0.39 is 0 Å². The SMILES string of the molecule is CCc1ccc(CN2CCC([C@H](Cc3cccc(OC)c3)N(C)C(=O)c3ccccn3)CC2)o1. The number of benzene rings is 1. The van der Waals surface area contributed by atoms with Gasteiger partial charge in [-0.2, -0.15) is 0 Å². The molecular formula is C28H35N3O3. The van der Waals surface area contributed by atoms with Crippen molar-refractivity contribution >= 4 is 5.91 Å². The molecule has 1 fully saturated rings. The monoisotopic (exact) mass is 461 g/mol. The van der Waals surface area contributed by atoms with E-state index in [1.807, 2.05) is 36.2 Å². The summed E-state index contributed by atoms with van der Waals surface area (Å²) in [5, 5.41) is 0. The average molecular weight is 462 g/mol. The number of furan rings is 1. The van der Waals surface area contributed by atoms with E-state index in [0.29, 0.717) is 11.6 Å². The van der Waals surface area contributed by atoms with E-state index in [2.05, 4.69) is 41.1 Å². The zero-order chi connectivity index (χ0) is 23.9. The number of nitrogens with zero attached hydrogens (tertiary/aromatic N) is 3. The molecule has 1 aliphatic rings. The maximum Gasteiger partial charge on any atom is 0.272 e. The van der Waals surface area contributed by atoms with Crippen molar-refractivity contribution in [3.8, 4) is 5.75 Å². The molecule has 1 saturated heterocycles. The molecule has 1 atom stereocenters. The van der Waals surface area contributed by atoms with Crippen LogP contribution in [0.3, 0.4) is 0 Å². The largest absolute Gasteiger partial charge is 0.497 e. The number of carbonyl (C=O) groups is 1. The molecule has 180 valence electrons. The Kier molecular flexibility index (Phi) is 8.01. The van der Waals surface area contributed by atoms with Gasteiger partial charge in [0, 0.05) is 25.7 Å². The smallest absolute Gasteiger partial charge is 0.272 e. The van der Waals surface area contributed by atoms with Gasteiger partial charge >= 0.3 is 0 Å². The van der Waals surface area contributed by atoms with Crippen LogP contribution in [0.5, 0.6) is 5.75 Å². The second-order valence-corrected chi connectivity index (χ2v) is 9.09. The second kappa shape index (κ2) is 11.3. The molecule has 0 bridgehead atoms. The number of methoxy groups -OCH3 is 1. The molecule has 0 saturated carbocycles. The molecule has 0 unspecified atom stereocenters. The third-order valence-electron chi connectivity index (χ3n) is 6.90. The van der Waals surface area contributed by atoms with Crippen LogP contribution in [-0.2, 0) is 19.4 Å². The second-order valence-electron chi connectivity index (χ2n) is 9.09. The molecule has 0 radical (unpaired) electrons. The topological polar surface area (TPSA) is 58.8 Å². The maximum atomic E-state index is 13.3. The lowest BCUT2D eigenvalue weighted by Crippen LogP contribution is -2.47. The molecule has 3 heterocycles. The number of aromatic nitrogens is 1. The summed E-state index contributed by atoms with van der Waals surface area (Å²) in [6.07, 6.45) is 5.46. The third kappa shape index (κ3) is 5.86. The average Bonchev–Trinajstić information content (AvgIpc) is 3.35. The highest BCUT2D eigenvalue weighted by atomic mass is 16.5. The van der Waals surface area contributed by atoms with Crippen molar-refractivity contribution in [2.75, 3.05) is 27.2 Å². The van der Waals surface area contributed by atoms with Crippen LogP contribution in [0, 0.1) is 5.92 Å². The lowest BCUT2D eigenvalue weighted by molar-refractivity contribution is 0.0574. The van der Waals surface area contributed by atoms with Gasteiger partial charge in [0.1, 0.15) is 23.0 Å². The first kappa shape index (κ1) is 24.0. The standard InChI is InChI=1S/C28H35N3O3/c1-4-23-11-12-25(34-23)20-31-16-13-22(14-17-31)27(19-21-8-7-9-24(18-21)33-3)30(2)28(32)26-10-5-6-15-29-26/h5-12,15,18,22,27H,4,13-14,16-17,19-20H2,1-3H3/t27-/m0/s1. The van der Waals surface area contributed by atoms with E-state index in [1.54, 1.807) is 19.4 Å². The molecule has 1 amide bonds. The quantitative estimate of drug-likeness (QED) is 0.456. The van der Waals surface area contributed by atoms with Gasteiger partial charge in [0.25, 0.3) is 5.91 Å². The van der Waals surface area contributed by atoms with E-state index in [9.17, 15) is 4.79 Å². The number of hydrogen-bond donors (Lipinski definition) is 0. The molecule has 1 aliphatic heterocycles. The molecular weight excluding hydrogens is 426 g/mol. The summed E-state index contributed by atoms with van der Waals surface area (Å²) >= 11 is 0. The van der Waals surface area contributed by atoms with E-state index in [4.69, 9.17) is 9.15 Å². The van der Waals surface area contributed by atoms with Crippen molar-refractivity contribution < 1.29 is 13.9 Å². The van der Waals surface area contributed by atoms with Crippen molar-refractivity contribution in [1.29, 1.82) is 0 Å². The number of piperidine rings is 1. The van der Waals surface area contributed by atoms with Crippen LogP contribution in [0.1, 0.15) is 47.3 Å². The van der Waals surface area contributed by atoms with E-state index in [0.717, 1.165) is 62.6 Å². The van der Waals surface area contributed by atoms with Crippen LogP contribution in [0.25, 0.3) is 0 Å². The number of ether oxygens (including phenoxy) is 1. The summed E-state index contributed by atoms with van der Waals surface area (Å²) < 4.78 is 11.3. The molecule has 34 heavy (non-hydrogen) atoms. The number of amides is 1. The number of pyridine rings is 1. The van der Waals surface area contributed by atoms with Gasteiger partial charge < -0.3 is 14.1 Å². The predicted octanol–water partition coefficient (Wildman–Crippen LogP) is 4.84. The highest BCUT2D eigenvalue weighted by Gasteiger charge is 2.32.